The molecule has 16 heavy (non-hydrogen) atoms. The summed E-state index contributed by atoms with van der Waals surface area (Å²) in [6.45, 7) is 5.16. The second kappa shape index (κ2) is 2.93. The molecule has 3 fully saturated rings. The van der Waals surface area contributed by atoms with Crippen molar-refractivity contribution in [2.75, 3.05) is 19.3 Å². The van der Waals surface area contributed by atoms with Gasteiger partial charge >= 0.3 is 0 Å². The lowest BCUT2D eigenvalue weighted by atomic mass is 9.74. The number of carbonyl (C=O) groups is 1. The number of nitrogens with zero attached hydrogens (tertiary/aromatic N) is 2. The lowest BCUT2D eigenvalue weighted by molar-refractivity contribution is -0.144. The third-order valence-corrected chi connectivity index (χ3v) is 6.98. The Morgan fingerprint density at radius 2 is 2.19 bits per heavy atom. The fraction of sp³-hybridized carbons (Fsp3) is 0.818. The first-order chi connectivity index (χ1) is 7.43. The number of carbonyl (C=O) groups excluding carboxylic acids is 1. The van der Waals surface area contributed by atoms with Crippen LogP contribution in [0.1, 0.15) is 20.3 Å². The van der Waals surface area contributed by atoms with E-state index in [4.69, 9.17) is 12.2 Å². The molecule has 3 heterocycles. The van der Waals surface area contributed by atoms with Crippen molar-refractivity contribution in [1.29, 1.82) is 0 Å². The van der Waals surface area contributed by atoms with Crippen LogP contribution in [0.4, 0.5) is 0 Å². The molecule has 0 aliphatic carbocycles. The Morgan fingerprint density at radius 3 is 2.75 bits per heavy atom. The summed E-state index contributed by atoms with van der Waals surface area (Å²) in [7, 11) is 1.80. The van der Waals surface area contributed by atoms with Crippen molar-refractivity contribution in [3.8, 4) is 0 Å². The minimum atomic E-state index is -0.325. The molecule has 0 aromatic rings. The molecule has 3 aliphatic rings. The van der Waals surface area contributed by atoms with Crippen LogP contribution in [0.2, 0.25) is 0 Å². The van der Waals surface area contributed by atoms with Gasteiger partial charge in [-0.1, -0.05) is 0 Å². The van der Waals surface area contributed by atoms with Crippen molar-refractivity contribution >= 4 is 35.0 Å². The van der Waals surface area contributed by atoms with E-state index in [1.165, 1.54) is 12.2 Å². The molecule has 3 rings (SSSR count). The van der Waals surface area contributed by atoms with E-state index < -0.39 is 0 Å². The van der Waals surface area contributed by atoms with Gasteiger partial charge in [-0.15, -0.1) is 11.8 Å². The molecule has 1 amide bonds. The smallest absolute Gasteiger partial charge is 0.237 e. The van der Waals surface area contributed by atoms with Crippen LogP contribution >= 0.6 is 24.0 Å². The maximum atomic E-state index is 12.4. The van der Waals surface area contributed by atoms with E-state index in [0.29, 0.717) is 5.92 Å². The van der Waals surface area contributed by atoms with Crippen LogP contribution in [0.25, 0.3) is 0 Å². The van der Waals surface area contributed by atoms with Gasteiger partial charge in [0.05, 0.1) is 5.41 Å². The highest BCUT2D eigenvalue weighted by molar-refractivity contribution is 8.02. The molecule has 0 aromatic carbocycles. The van der Waals surface area contributed by atoms with Crippen molar-refractivity contribution in [3.63, 3.8) is 0 Å². The SMILES string of the molecule is CN1C(=O)C(C)(C)C23SCC2CCN3C1=S. The number of amides is 1. The number of hydrogen-bond donors (Lipinski definition) is 0. The van der Waals surface area contributed by atoms with Gasteiger partial charge in [0.2, 0.25) is 5.91 Å². The maximum absolute atomic E-state index is 12.4. The third kappa shape index (κ3) is 0.896. The van der Waals surface area contributed by atoms with Gasteiger partial charge in [0.15, 0.2) is 5.11 Å². The summed E-state index contributed by atoms with van der Waals surface area (Å²) in [5.74, 6) is 2.00. The minimum absolute atomic E-state index is 0.0341. The monoisotopic (exact) mass is 256 g/mol. The van der Waals surface area contributed by atoms with Crippen molar-refractivity contribution in [2.24, 2.45) is 11.3 Å². The fourth-order valence-corrected chi connectivity index (χ4v) is 5.65. The van der Waals surface area contributed by atoms with Crippen molar-refractivity contribution < 1.29 is 4.79 Å². The molecule has 0 radical (unpaired) electrons. The van der Waals surface area contributed by atoms with Crippen molar-refractivity contribution in [3.05, 3.63) is 0 Å². The van der Waals surface area contributed by atoms with Gasteiger partial charge in [-0.2, -0.15) is 0 Å². The van der Waals surface area contributed by atoms with E-state index in [2.05, 4.69) is 18.7 Å². The number of thiocarbonyl (C=S) groups is 1. The molecule has 3 aliphatic heterocycles. The summed E-state index contributed by atoms with van der Waals surface area (Å²) < 4.78 is 0. The van der Waals surface area contributed by atoms with Gasteiger partial charge < -0.3 is 4.90 Å². The predicted octanol–water partition coefficient (Wildman–Crippen LogP) is 1.53. The molecule has 5 heteroatoms. The quantitative estimate of drug-likeness (QED) is 0.613. The molecule has 2 atom stereocenters. The summed E-state index contributed by atoms with van der Waals surface area (Å²) in [6.07, 6.45) is 1.18. The standard InChI is InChI=1S/C11H16N2OS2/c1-10(2)8(14)12(3)9(15)13-5-4-7-6-16-11(7,10)13/h7H,4-6H2,1-3H3. The zero-order valence-electron chi connectivity index (χ0n) is 9.82. The Kier molecular flexibility index (Phi) is 1.99. The molecule has 0 aromatic heterocycles. The van der Waals surface area contributed by atoms with E-state index in [1.54, 1.807) is 11.9 Å². The van der Waals surface area contributed by atoms with Crippen LogP contribution in [-0.4, -0.2) is 45.0 Å². The number of rotatable bonds is 0. The van der Waals surface area contributed by atoms with Gasteiger partial charge in [-0.25, -0.2) is 0 Å². The average Bonchev–Trinajstić information content (AvgIpc) is 2.46. The largest absolute Gasteiger partial charge is 0.333 e. The Labute approximate surface area is 106 Å². The van der Waals surface area contributed by atoms with Crippen LogP contribution in [0.15, 0.2) is 0 Å². The van der Waals surface area contributed by atoms with Gasteiger partial charge in [0, 0.05) is 25.3 Å². The predicted molar refractivity (Wildman–Crippen MR) is 69.2 cm³/mol. The molecule has 1 spiro atoms. The van der Waals surface area contributed by atoms with Crippen molar-refractivity contribution in [1.82, 2.24) is 9.80 Å². The molecular formula is C11H16N2OS2. The lowest BCUT2D eigenvalue weighted by Gasteiger charge is -2.61. The summed E-state index contributed by atoms with van der Waals surface area (Å²) in [5.41, 5.74) is -0.325. The Balaban J connectivity index is 2.13. The van der Waals surface area contributed by atoms with E-state index in [9.17, 15) is 4.79 Å². The zero-order valence-corrected chi connectivity index (χ0v) is 11.5. The number of thioether (sulfide) groups is 1. The average molecular weight is 256 g/mol. The van der Waals surface area contributed by atoms with Gasteiger partial charge in [0.1, 0.15) is 4.87 Å². The van der Waals surface area contributed by atoms with Crippen LogP contribution in [-0.2, 0) is 4.79 Å². The van der Waals surface area contributed by atoms with E-state index in [-0.39, 0.29) is 16.2 Å². The van der Waals surface area contributed by atoms with Gasteiger partial charge in [0.25, 0.3) is 0 Å². The Bertz CT molecular complexity index is 395. The highest BCUT2D eigenvalue weighted by Crippen LogP contribution is 2.64. The highest BCUT2D eigenvalue weighted by Gasteiger charge is 2.69. The molecule has 3 saturated heterocycles. The second-order valence-electron chi connectivity index (χ2n) is 5.42. The first-order valence-electron chi connectivity index (χ1n) is 5.66. The van der Waals surface area contributed by atoms with E-state index >= 15 is 0 Å². The van der Waals surface area contributed by atoms with Crippen LogP contribution in [0, 0.1) is 11.3 Å². The molecule has 3 nitrogen and oxygen atoms in total. The first-order valence-corrected chi connectivity index (χ1v) is 7.06. The summed E-state index contributed by atoms with van der Waals surface area (Å²) in [4.78, 5) is 16.3. The number of hydrogen-bond acceptors (Lipinski definition) is 3. The van der Waals surface area contributed by atoms with Crippen molar-refractivity contribution in [2.45, 2.75) is 25.1 Å². The maximum Gasteiger partial charge on any atom is 0.237 e. The zero-order chi connectivity index (χ0) is 11.7. The summed E-state index contributed by atoms with van der Waals surface area (Å²) in [5, 5.41) is 0.721. The second-order valence-corrected chi connectivity index (χ2v) is 7.03. The van der Waals surface area contributed by atoms with E-state index in [0.717, 1.165) is 11.7 Å². The highest BCUT2D eigenvalue weighted by atomic mass is 32.2. The first kappa shape index (κ1) is 10.8. The summed E-state index contributed by atoms with van der Waals surface area (Å²) in [6, 6.07) is 0. The topological polar surface area (TPSA) is 23.6 Å². The fourth-order valence-electron chi connectivity index (χ4n) is 3.49. The molecular weight excluding hydrogens is 240 g/mol. The normalized spacial score (nSPS) is 40.6. The van der Waals surface area contributed by atoms with Crippen LogP contribution in [0.3, 0.4) is 0 Å². The Hall–Kier alpha value is -0.290. The lowest BCUT2D eigenvalue weighted by Crippen LogP contribution is -2.73. The molecule has 0 N–H and O–H groups in total. The minimum Gasteiger partial charge on any atom is -0.333 e. The molecule has 0 saturated carbocycles. The van der Waals surface area contributed by atoms with Gasteiger partial charge in [-0.05, 0) is 32.5 Å². The summed E-state index contributed by atoms with van der Waals surface area (Å²) >= 11 is 7.34. The van der Waals surface area contributed by atoms with Crippen LogP contribution < -0.4 is 0 Å². The third-order valence-electron chi connectivity index (χ3n) is 4.41. The van der Waals surface area contributed by atoms with Crippen LogP contribution in [0.5, 0.6) is 0 Å². The Morgan fingerprint density at radius 1 is 1.50 bits per heavy atom. The van der Waals surface area contributed by atoms with E-state index in [1.807, 2.05) is 11.8 Å². The van der Waals surface area contributed by atoms with Gasteiger partial charge in [-0.3, -0.25) is 9.69 Å². The molecule has 88 valence electrons. The molecule has 2 unspecified atom stereocenters. The molecule has 0 bridgehead atoms.